The molecule has 0 unspecified atom stereocenters. The Morgan fingerprint density at radius 1 is 1.29 bits per heavy atom. The molecule has 1 aliphatic rings. The van der Waals surface area contributed by atoms with Gasteiger partial charge >= 0.3 is 0 Å². The summed E-state index contributed by atoms with van der Waals surface area (Å²) in [5, 5.41) is 8.87. The van der Waals surface area contributed by atoms with Gasteiger partial charge in [-0.1, -0.05) is 0 Å². The van der Waals surface area contributed by atoms with Crippen molar-refractivity contribution in [3.05, 3.63) is 29.3 Å². The third kappa shape index (κ3) is 3.30. The number of aliphatic hydroxyl groups excluding tert-OH is 1. The van der Waals surface area contributed by atoms with Gasteiger partial charge in [-0.3, -0.25) is 9.69 Å². The molecule has 1 heterocycles. The highest BCUT2D eigenvalue weighted by atomic mass is 19.1. The molecule has 0 bridgehead atoms. The van der Waals surface area contributed by atoms with Crippen LogP contribution in [0.4, 0.5) is 8.78 Å². The molecule has 116 valence electrons. The minimum atomic E-state index is -0.972. The molecular formula is C14H18F2N2O3. The Balaban J connectivity index is 2.14. The summed E-state index contributed by atoms with van der Waals surface area (Å²) in [4.78, 5) is 15.7. The van der Waals surface area contributed by atoms with Gasteiger partial charge in [0.15, 0.2) is 11.6 Å². The second kappa shape index (κ2) is 6.82. The molecule has 0 aliphatic carbocycles. The predicted octanol–water partition coefficient (Wildman–Crippen LogP) is 0.723. The first kappa shape index (κ1) is 15.7. The molecular weight excluding hydrogens is 282 g/mol. The average Bonchev–Trinajstić information content (AvgIpc) is 2.48. The molecule has 7 heteroatoms. The summed E-state index contributed by atoms with van der Waals surface area (Å²) in [6, 6.07) is 2.18. The van der Waals surface area contributed by atoms with E-state index in [4.69, 9.17) is 9.84 Å². The first-order valence-corrected chi connectivity index (χ1v) is 6.73. The van der Waals surface area contributed by atoms with Crippen LogP contribution in [0, 0.1) is 11.6 Å². The summed E-state index contributed by atoms with van der Waals surface area (Å²) < 4.78 is 32.6. The lowest BCUT2D eigenvalue weighted by Crippen LogP contribution is -2.49. The van der Waals surface area contributed by atoms with Gasteiger partial charge in [-0.25, -0.2) is 8.78 Å². The molecule has 1 saturated heterocycles. The Kier molecular flexibility index (Phi) is 5.08. The number of benzene rings is 1. The second-order valence-corrected chi connectivity index (χ2v) is 4.80. The van der Waals surface area contributed by atoms with Gasteiger partial charge in [0.05, 0.1) is 13.7 Å². The van der Waals surface area contributed by atoms with Gasteiger partial charge in [0.1, 0.15) is 11.4 Å². The lowest BCUT2D eigenvalue weighted by molar-refractivity contribution is 0.0605. The average molecular weight is 300 g/mol. The van der Waals surface area contributed by atoms with E-state index in [0.717, 1.165) is 12.1 Å². The first-order chi connectivity index (χ1) is 10.1. The molecule has 1 aliphatic heterocycles. The Morgan fingerprint density at radius 2 is 1.95 bits per heavy atom. The Hall–Kier alpha value is -1.73. The van der Waals surface area contributed by atoms with Crippen LogP contribution in [-0.2, 0) is 0 Å². The number of β-amino-alcohol motifs (C(OH)–C–C–N with tert-alkyl or cyclic N) is 1. The van der Waals surface area contributed by atoms with Crippen molar-refractivity contribution in [1.82, 2.24) is 9.80 Å². The third-order valence-corrected chi connectivity index (χ3v) is 3.57. The highest BCUT2D eigenvalue weighted by Gasteiger charge is 2.28. The quantitative estimate of drug-likeness (QED) is 0.890. The van der Waals surface area contributed by atoms with Crippen LogP contribution in [0.3, 0.4) is 0 Å². The molecule has 1 amide bonds. The molecule has 2 rings (SSSR count). The molecule has 0 saturated carbocycles. The summed E-state index contributed by atoms with van der Waals surface area (Å²) in [6.07, 6.45) is 0. The van der Waals surface area contributed by atoms with Crippen molar-refractivity contribution in [2.45, 2.75) is 0 Å². The second-order valence-electron chi connectivity index (χ2n) is 4.80. The standard InChI is InChI=1S/C14H18F2N2O3/c1-21-11-3-2-10(15)12(13(11)16)14(20)18-6-4-17(5-7-18)8-9-19/h2-3,19H,4-9H2,1H3. The predicted molar refractivity (Wildman–Crippen MR) is 72.3 cm³/mol. The largest absolute Gasteiger partial charge is 0.494 e. The summed E-state index contributed by atoms with van der Waals surface area (Å²) in [7, 11) is 1.26. The normalized spacial score (nSPS) is 16.1. The van der Waals surface area contributed by atoms with Crippen LogP contribution in [0.5, 0.6) is 5.75 Å². The highest BCUT2D eigenvalue weighted by Crippen LogP contribution is 2.24. The Bertz CT molecular complexity index is 517. The zero-order valence-corrected chi connectivity index (χ0v) is 11.8. The number of methoxy groups -OCH3 is 1. The third-order valence-electron chi connectivity index (χ3n) is 3.57. The number of hydrogen-bond acceptors (Lipinski definition) is 4. The van der Waals surface area contributed by atoms with Crippen LogP contribution in [-0.4, -0.2) is 67.3 Å². The van der Waals surface area contributed by atoms with E-state index in [0.29, 0.717) is 32.7 Å². The number of piperazine rings is 1. The van der Waals surface area contributed by atoms with Crippen molar-refractivity contribution < 1.29 is 23.4 Å². The topological polar surface area (TPSA) is 53.0 Å². The number of nitrogens with zero attached hydrogens (tertiary/aromatic N) is 2. The van der Waals surface area contributed by atoms with Gasteiger partial charge in [-0.15, -0.1) is 0 Å². The number of rotatable bonds is 4. The van der Waals surface area contributed by atoms with Gasteiger partial charge in [-0.2, -0.15) is 0 Å². The van der Waals surface area contributed by atoms with E-state index in [1.165, 1.54) is 12.0 Å². The van der Waals surface area contributed by atoms with Crippen molar-refractivity contribution >= 4 is 5.91 Å². The molecule has 1 fully saturated rings. The first-order valence-electron chi connectivity index (χ1n) is 6.73. The zero-order valence-electron chi connectivity index (χ0n) is 11.8. The highest BCUT2D eigenvalue weighted by molar-refractivity contribution is 5.95. The van der Waals surface area contributed by atoms with Crippen LogP contribution in [0.1, 0.15) is 10.4 Å². The van der Waals surface area contributed by atoms with Gasteiger partial charge in [0, 0.05) is 32.7 Å². The number of ether oxygens (including phenoxy) is 1. The molecule has 0 aromatic heterocycles. The van der Waals surface area contributed by atoms with Gasteiger partial charge < -0.3 is 14.7 Å². The Morgan fingerprint density at radius 3 is 2.52 bits per heavy atom. The van der Waals surface area contributed by atoms with Crippen molar-refractivity contribution in [2.24, 2.45) is 0 Å². The van der Waals surface area contributed by atoms with Gasteiger partial charge in [0.2, 0.25) is 0 Å². The van der Waals surface area contributed by atoms with Crippen molar-refractivity contribution in [3.8, 4) is 5.75 Å². The van der Waals surface area contributed by atoms with Crippen LogP contribution in [0.15, 0.2) is 12.1 Å². The summed E-state index contributed by atoms with van der Waals surface area (Å²) in [5.41, 5.74) is -0.579. The molecule has 1 aromatic rings. The van der Waals surface area contributed by atoms with E-state index < -0.39 is 23.1 Å². The monoisotopic (exact) mass is 300 g/mol. The van der Waals surface area contributed by atoms with Crippen LogP contribution >= 0.6 is 0 Å². The summed E-state index contributed by atoms with van der Waals surface area (Å²) in [5.74, 6) is -2.69. The SMILES string of the molecule is COc1ccc(F)c(C(=O)N2CCN(CCO)CC2)c1F. The number of carbonyl (C=O) groups is 1. The molecule has 1 N–H and O–H groups in total. The summed E-state index contributed by atoms with van der Waals surface area (Å²) >= 11 is 0. The van der Waals surface area contributed by atoms with E-state index in [9.17, 15) is 13.6 Å². The maximum atomic E-state index is 14.1. The molecule has 1 aromatic carbocycles. The number of hydrogen-bond donors (Lipinski definition) is 1. The van der Waals surface area contributed by atoms with Crippen LogP contribution < -0.4 is 4.74 Å². The molecule has 0 spiro atoms. The number of amides is 1. The van der Waals surface area contributed by atoms with Crippen LogP contribution in [0.2, 0.25) is 0 Å². The Labute approximate surface area is 121 Å². The summed E-state index contributed by atoms with van der Waals surface area (Å²) in [6.45, 7) is 2.46. The minimum Gasteiger partial charge on any atom is -0.494 e. The fraction of sp³-hybridized carbons (Fsp3) is 0.500. The van der Waals surface area contributed by atoms with E-state index >= 15 is 0 Å². The maximum Gasteiger partial charge on any atom is 0.260 e. The lowest BCUT2D eigenvalue weighted by Gasteiger charge is -2.34. The van der Waals surface area contributed by atoms with Crippen molar-refractivity contribution in [3.63, 3.8) is 0 Å². The van der Waals surface area contributed by atoms with Gasteiger partial charge in [-0.05, 0) is 12.1 Å². The number of aliphatic hydroxyl groups is 1. The minimum absolute atomic E-state index is 0.0487. The number of halogens is 2. The van der Waals surface area contributed by atoms with Crippen LogP contribution in [0.25, 0.3) is 0 Å². The van der Waals surface area contributed by atoms with E-state index in [1.54, 1.807) is 0 Å². The fourth-order valence-electron chi connectivity index (χ4n) is 2.36. The lowest BCUT2D eigenvalue weighted by atomic mass is 10.1. The number of carbonyl (C=O) groups excluding carboxylic acids is 1. The van der Waals surface area contributed by atoms with E-state index in [2.05, 4.69) is 0 Å². The molecule has 5 nitrogen and oxygen atoms in total. The molecule has 0 radical (unpaired) electrons. The van der Waals surface area contributed by atoms with Gasteiger partial charge in [0.25, 0.3) is 5.91 Å². The van der Waals surface area contributed by atoms with E-state index in [1.807, 2.05) is 4.90 Å². The van der Waals surface area contributed by atoms with Crippen molar-refractivity contribution in [1.29, 1.82) is 0 Å². The van der Waals surface area contributed by atoms with Crippen molar-refractivity contribution in [2.75, 3.05) is 46.4 Å². The smallest absolute Gasteiger partial charge is 0.260 e. The van der Waals surface area contributed by atoms with E-state index in [-0.39, 0.29) is 12.4 Å². The fourth-order valence-corrected chi connectivity index (χ4v) is 2.36. The molecule has 0 atom stereocenters. The zero-order chi connectivity index (χ0) is 15.4. The maximum absolute atomic E-state index is 14.1. The molecule has 21 heavy (non-hydrogen) atoms.